The van der Waals surface area contributed by atoms with Crippen molar-refractivity contribution in [2.24, 2.45) is 7.05 Å². The number of aliphatic hydroxyl groups excluding tert-OH is 1. The van der Waals surface area contributed by atoms with Crippen molar-refractivity contribution in [1.82, 2.24) is 9.78 Å². The Bertz CT molecular complexity index is 783. The molecule has 1 heterocycles. The van der Waals surface area contributed by atoms with Crippen molar-refractivity contribution in [3.8, 4) is 5.75 Å². The molecule has 108 valence electrons. The van der Waals surface area contributed by atoms with Gasteiger partial charge in [0.2, 0.25) is 0 Å². The predicted molar refractivity (Wildman–Crippen MR) is 77.4 cm³/mol. The Hall–Kier alpha value is -2.40. The molecule has 0 atom stereocenters. The summed E-state index contributed by atoms with van der Waals surface area (Å²) >= 11 is 0. The second-order valence-electron chi connectivity index (χ2n) is 4.79. The minimum atomic E-state index is -0.394. The average molecular weight is 286 g/mol. The standard InChI is InChI=1S/C16H15FN2O2/c1-19-15-5-3-2-4-13(15)14(18-19)10-21-16-7-6-12(17)8-11(16)9-20/h2-8,20H,9-10H2,1H3. The smallest absolute Gasteiger partial charge is 0.133 e. The highest BCUT2D eigenvalue weighted by atomic mass is 19.1. The second kappa shape index (κ2) is 5.54. The van der Waals surface area contributed by atoms with Crippen molar-refractivity contribution in [3.63, 3.8) is 0 Å². The summed E-state index contributed by atoms with van der Waals surface area (Å²) in [7, 11) is 1.88. The van der Waals surface area contributed by atoms with Gasteiger partial charge in [0, 0.05) is 18.0 Å². The zero-order valence-corrected chi connectivity index (χ0v) is 11.6. The van der Waals surface area contributed by atoms with E-state index in [0.717, 1.165) is 16.6 Å². The molecule has 0 aliphatic carbocycles. The van der Waals surface area contributed by atoms with Gasteiger partial charge < -0.3 is 9.84 Å². The zero-order chi connectivity index (χ0) is 14.8. The highest BCUT2D eigenvalue weighted by molar-refractivity contribution is 5.81. The number of aryl methyl sites for hydroxylation is 1. The van der Waals surface area contributed by atoms with Crippen molar-refractivity contribution in [3.05, 3.63) is 59.5 Å². The van der Waals surface area contributed by atoms with Gasteiger partial charge in [0.15, 0.2) is 0 Å². The molecule has 21 heavy (non-hydrogen) atoms. The maximum Gasteiger partial charge on any atom is 0.133 e. The van der Waals surface area contributed by atoms with E-state index in [9.17, 15) is 9.50 Å². The van der Waals surface area contributed by atoms with E-state index in [-0.39, 0.29) is 13.2 Å². The van der Waals surface area contributed by atoms with Crippen LogP contribution < -0.4 is 4.74 Å². The first-order valence-corrected chi connectivity index (χ1v) is 6.61. The van der Waals surface area contributed by atoms with Crippen LogP contribution in [0.1, 0.15) is 11.3 Å². The highest BCUT2D eigenvalue weighted by Crippen LogP contribution is 2.23. The summed E-state index contributed by atoms with van der Waals surface area (Å²) in [4.78, 5) is 0. The van der Waals surface area contributed by atoms with Gasteiger partial charge in [-0.2, -0.15) is 5.10 Å². The second-order valence-corrected chi connectivity index (χ2v) is 4.79. The van der Waals surface area contributed by atoms with E-state index in [1.54, 1.807) is 4.68 Å². The number of hydrogen-bond donors (Lipinski definition) is 1. The van der Waals surface area contributed by atoms with E-state index in [0.29, 0.717) is 11.3 Å². The number of aromatic nitrogens is 2. The van der Waals surface area contributed by atoms with Crippen LogP contribution in [0.4, 0.5) is 4.39 Å². The van der Waals surface area contributed by atoms with E-state index < -0.39 is 5.82 Å². The summed E-state index contributed by atoms with van der Waals surface area (Å²) in [5.74, 6) is 0.0725. The molecular formula is C16H15FN2O2. The number of fused-ring (bicyclic) bond motifs is 1. The summed E-state index contributed by atoms with van der Waals surface area (Å²) in [6, 6.07) is 12.0. The summed E-state index contributed by atoms with van der Waals surface area (Å²) in [6.07, 6.45) is 0. The van der Waals surface area contributed by atoms with Crippen LogP contribution in [0.2, 0.25) is 0 Å². The normalized spacial score (nSPS) is 11.0. The topological polar surface area (TPSA) is 47.3 Å². The molecule has 1 aromatic heterocycles. The fraction of sp³-hybridized carbons (Fsp3) is 0.188. The SMILES string of the molecule is Cn1nc(COc2ccc(F)cc2CO)c2ccccc21. The lowest BCUT2D eigenvalue weighted by Gasteiger charge is -2.09. The Morgan fingerprint density at radius 2 is 2.05 bits per heavy atom. The number of ether oxygens (including phenoxy) is 1. The lowest BCUT2D eigenvalue weighted by molar-refractivity contribution is 0.256. The lowest BCUT2D eigenvalue weighted by Crippen LogP contribution is -2.01. The Balaban J connectivity index is 1.87. The number of aliphatic hydroxyl groups is 1. The minimum Gasteiger partial charge on any atom is -0.487 e. The molecule has 0 bridgehead atoms. The largest absolute Gasteiger partial charge is 0.487 e. The molecule has 0 saturated heterocycles. The number of rotatable bonds is 4. The van der Waals surface area contributed by atoms with Crippen LogP contribution in [0.25, 0.3) is 10.9 Å². The molecular weight excluding hydrogens is 271 g/mol. The van der Waals surface area contributed by atoms with Gasteiger partial charge in [-0.1, -0.05) is 18.2 Å². The molecule has 3 aromatic rings. The molecule has 0 aliphatic rings. The Kier molecular flexibility index (Phi) is 3.58. The zero-order valence-electron chi connectivity index (χ0n) is 11.6. The van der Waals surface area contributed by atoms with Gasteiger partial charge in [-0.3, -0.25) is 4.68 Å². The summed E-state index contributed by atoms with van der Waals surface area (Å²) in [5, 5.41) is 14.7. The van der Waals surface area contributed by atoms with E-state index in [4.69, 9.17) is 4.74 Å². The van der Waals surface area contributed by atoms with Gasteiger partial charge in [0.05, 0.1) is 12.1 Å². The molecule has 0 saturated carbocycles. The number of halogens is 1. The molecule has 0 amide bonds. The van der Waals surface area contributed by atoms with Crippen LogP contribution in [0.3, 0.4) is 0 Å². The Morgan fingerprint density at radius 1 is 1.24 bits per heavy atom. The van der Waals surface area contributed by atoms with Crippen LogP contribution in [0, 0.1) is 5.82 Å². The van der Waals surface area contributed by atoms with Crippen LogP contribution >= 0.6 is 0 Å². The van der Waals surface area contributed by atoms with Crippen molar-refractivity contribution in [2.45, 2.75) is 13.2 Å². The third-order valence-corrected chi connectivity index (χ3v) is 3.39. The van der Waals surface area contributed by atoms with Gasteiger partial charge >= 0.3 is 0 Å². The summed E-state index contributed by atoms with van der Waals surface area (Å²) < 4.78 is 20.6. The number of benzene rings is 2. The number of para-hydroxylation sites is 1. The molecule has 0 radical (unpaired) electrons. The van der Waals surface area contributed by atoms with Crippen LogP contribution in [-0.2, 0) is 20.3 Å². The van der Waals surface area contributed by atoms with Crippen molar-refractivity contribution >= 4 is 10.9 Å². The van der Waals surface area contributed by atoms with E-state index in [2.05, 4.69) is 5.10 Å². The van der Waals surface area contributed by atoms with Crippen LogP contribution in [0.15, 0.2) is 42.5 Å². The van der Waals surface area contributed by atoms with E-state index in [1.165, 1.54) is 18.2 Å². The lowest BCUT2D eigenvalue weighted by atomic mass is 10.2. The first-order valence-electron chi connectivity index (χ1n) is 6.61. The highest BCUT2D eigenvalue weighted by Gasteiger charge is 2.10. The Morgan fingerprint density at radius 3 is 2.86 bits per heavy atom. The van der Waals surface area contributed by atoms with Gasteiger partial charge in [-0.15, -0.1) is 0 Å². The van der Waals surface area contributed by atoms with Crippen LogP contribution in [0.5, 0.6) is 5.75 Å². The number of nitrogens with zero attached hydrogens (tertiary/aromatic N) is 2. The third kappa shape index (κ3) is 2.60. The predicted octanol–water partition coefficient (Wildman–Crippen LogP) is 2.78. The quantitative estimate of drug-likeness (QED) is 0.802. The maximum atomic E-state index is 13.1. The molecule has 5 heteroatoms. The van der Waals surface area contributed by atoms with Gasteiger partial charge in [-0.05, 0) is 24.3 Å². The van der Waals surface area contributed by atoms with Gasteiger partial charge in [0.25, 0.3) is 0 Å². The molecule has 3 rings (SSSR count). The molecule has 0 spiro atoms. The molecule has 1 N–H and O–H groups in total. The molecule has 0 unspecified atom stereocenters. The summed E-state index contributed by atoms with van der Waals surface area (Å²) in [6.45, 7) is -0.00392. The van der Waals surface area contributed by atoms with Crippen molar-refractivity contribution in [1.29, 1.82) is 0 Å². The fourth-order valence-corrected chi connectivity index (χ4v) is 2.35. The van der Waals surface area contributed by atoms with Gasteiger partial charge in [0.1, 0.15) is 23.9 Å². The molecule has 2 aromatic carbocycles. The van der Waals surface area contributed by atoms with E-state index in [1.807, 2.05) is 31.3 Å². The first kappa shape index (κ1) is 13.6. The van der Waals surface area contributed by atoms with Crippen LogP contribution in [-0.4, -0.2) is 14.9 Å². The summed E-state index contributed by atoms with van der Waals surface area (Å²) in [5.41, 5.74) is 2.26. The third-order valence-electron chi connectivity index (χ3n) is 3.39. The fourth-order valence-electron chi connectivity index (χ4n) is 2.35. The first-order chi connectivity index (χ1) is 10.2. The number of hydrogen-bond acceptors (Lipinski definition) is 3. The van der Waals surface area contributed by atoms with Crippen molar-refractivity contribution in [2.75, 3.05) is 0 Å². The molecule has 4 nitrogen and oxygen atoms in total. The minimum absolute atomic E-state index is 0.264. The van der Waals surface area contributed by atoms with Crippen molar-refractivity contribution < 1.29 is 14.2 Å². The van der Waals surface area contributed by atoms with E-state index >= 15 is 0 Å². The average Bonchev–Trinajstić information content (AvgIpc) is 2.83. The Labute approximate surface area is 121 Å². The van der Waals surface area contributed by atoms with Gasteiger partial charge in [-0.25, -0.2) is 4.39 Å². The molecule has 0 aliphatic heterocycles. The molecule has 0 fully saturated rings. The monoisotopic (exact) mass is 286 g/mol. The maximum absolute atomic E-state index is 13.1.